The van der Waals surface area contributed by atoms with E-state index in [1.54, 1.807) is 0 Å². The van der Waals surface area contributed by atoms with E-state index < -0.39 is 0 Å². The van der Waals surface area contributed by atoms with Gasteiger partial charge in [0.2, 0.25) is 5.91 Å². The van der Waals surface area contributed by atoms with Crippen LogP contribution in [-0.4, -0.2) is 49.6 Å². The highest BCUT2D eigenvalue weighted by atomic mass is 16.1. The Labute approximate surface area is 116 Å². The summed E-state index contributed by atoms with van der Waals surface area (Å²) in [5.74, 6) is 1.63. The highest BCUT2D eigenvalue weighted by Gasteiger charge is 2.38. The molecule has 2 bridgehead atoms. The number of hydrogen-bond donors (Lipinski definition) is 2. The summed E-state index contributed by atoms with van der Waals surface area (Å²) in [6.07, 6.45) is 5.25. The molecule has 108 valence electrons. The van der Waals surface area contributed by atoms with Crippen molar-refractivity contribution in [3.63, 3.8) is 0 Å². The van der Waals surface area contributed by atoms with Crippen LogP contribution < -0.4 is 10.6 Å². The number of carbonyl (C=O) groups is 1. The highest BCUT2D eigenvalue weighted by Crippen LogP contribution is 2.37. The summed E-state index contributed by atoms with van der Waals surface area (Å²) in [4.78, 5) is 14.7. The van der Waals surface area contributed by atoms with Gasteiger partial charge in [-0.3, -0.25) is 4.79 Å². The number of amides is 1. The van der Waals surface area contributed by atoms with Crippen LogP contribution in [0.5, 0.6) is 0 Å². The van der Waals surface area contributed by atoms with Crippen LogP contribution in [0.4, 0.5) is 0 Å². The minimum Gasteiger partial charge on any atom is -0.356 e. The zero-order valence-electron chi connectivity index (χ0n) is 12.2. The monoisotopic (exact) mass is 265 g/mol. The topological polar surface area (TPSA) is 44.4 Å². The molecule has 0 radical (unpaired) electrons. The van der Waals surface area contributed by atoms with E-state index in [4.69, 9.17) is 0 Å². The zero-order chi connectivity index (χ0) is 13.4. The van der Waals surface area contributed by atoms with Crippen LogP contribution in [0.1, 0.15) is 32.6 Å². The van der Waals surface area contributed by atoms with Crippen molar-refractivity contribution in [3.8, 4) is 0 Å². The van der Waals surface area contributed by atoms with Crippen molar-refractivity contribution >= 4 is 5.91 Å². The van der Waals surface area contributed by atoms with Crippen molar-refractivity contribution in [1.29, 1.82) is 0 Å². The number of nitrogens with zero attached hydrogens (tertiary/aromatic N) is 1. The Morgan fingerprint density at radius 2 is 1.95 bits per heavy atom. The van der Waals surface area contributed by atoms with Crippen molar-refractivity contribution in [1.82, 2.24) is 15.5 Å². The normalized spacial score (nSPS) is 42.5. The largest absolute Gasteiger partial charge is 0.356 e. The van der Waals surface area contributed by atoms with Gasteiger partial charge < -0.3 is 15.5 Å². The van der Waals surface area contributed by atoms with Gasteiger partial charge in [-0.05, 0) is 51.1 Å². The maximum Gasteiger partial charge on any atom is 0.224 e. The minimum absolute atomic E-state index is 0.183. The van der Waals surface area contributed by atoms with E-state index >= 15 is 0 Å². The molecular formula is C15H27N3O. The van der Waals surface area contributed by atoms with Gasteiger partial charge in [-0.15, -0.1) is 0 Å². The second kappa shape index (κ2) is 5.41. The molecule has 3 aliphatic heterocycles. The number of rotatable bonds is 3. The van der Waals surface area contributed by atoms with Crippen LogP contribution in [0.25, 0.3) is 0 Å². The standard InChI is InChI=1S/C15H27N3O/c1-10-7-16-9-14(10)15(19)17-8-11-5-12-3-4-13(6-11)18(12)2/h10-14,16H,3-9H2,1-2H3,(H,17,19). The third-order valence-corrected chi connectivity index (χ3v) is 5.62. The first-order valence-corrected chi connectivity index (χ1v) is 7.85. The molecule has 3 saturated heterocycles. The van der Waals surface area contributed by atoms with Gasteiger partial charge in [-0.25, -0.2) is 0 Å². The maximum absolute atomic E-state index is 12.2. The lowest BCUT2D eigenvalue weighted by Gasteiger charge is -2.36. The van der Waals surface area contributed by atoms with Crippen molar-refractivity contribution in [2.75, 3.05) is 26.7 Å². The Kier molecular flexibility index (Phi) is 3.81. The lowest BCUT2D eigenvalue weighted by atomic mass is 9.90. The first kappa shape index (κ1) is 13.4. The predicted octanol–water partition coefficient (Wildman–Crippen LogP) is 0.831. The lowest BCUT2D eigenvalue weighted by Crippen LogP contribution is -2.44. The van der Waals surface area contributed by atoms with Crippen LogP contribution in [0.3, 0.4) is 0 Å². The Hall–Kier alpha value is -0.610. The van der Waals surface area contributed by atoms with Gasteiger partial charge in [0.05, 0.1) is 5.92 Å². The second-order valence-corrected chi connectivity index (χ2v) is 6.88. The molecule has 2 N–H and O–H groups in total. The van der Waals surface area contributed by atoms with Crippen LogP contribution >= 0.6 is 0 Å². The molecule has 3 heterocycles. The van der Waals surface area contributed by atoms with E-state index in [1.165, 1.54) is 25.7 Å². The van der Waals surface area contributed by atoms with Crippen molar-refractivity contribution in [2.45, 2.75) is 44.7 Å². The van der Waals surface area contributed by atoms with E-state index in [2.05, 4.69) is 29.5 Å². The first-order chi connectivity index (χ1) is 9.15. The van der Waals surface area contributed by atoms with Gasteiger partial charge in [0.25, 0.3) is 0 Å². The smallest absolute Gasteiger partial charge is 0.224 e. The van der Waals surface area contributed by atoms with Gasteiger partial charge in [-0.1, -0.05) is 6.92 Å². The molecule has 19 heavy (non-hydrogen) atoms. The quantitative estimate of drug-likeness (QED) is 0.794. The molecule has 3 fully saturated rings. The third-order valence-electron chi connectivity index (χ3n) is 5.62. The molecule has 4 nitrogen and oxygen atoms in total. The van der Waals surface area contributed by atoms with E-state index in [0.29, 0.717) is 11.8 Å². The number of hydrogen-bond acceptors (Lipinski definition) is 3. The molecule has 3 aliphatic rings. The Morgan fingerprint density at radius 1 is 1.26 bits per heavy atom. The summed E-state index contributed by atoms with van der Waals surface area (Å²) in [5, 5.41) is 6.51. The van der Waals surface area contributed by atoms with Gasteiger partial charge in [0, 0.05) is 25.2 Å². The number of piperidine rings is 1. The van der Waals surface area contributed by atoms with Crippen molar-refractivity contribution in [2.24, 2.45) is 17.8 Å². The highest BCUT2D eigenvalue weighted by molar-refractivity contribution is 5.79. The van der Waals surface area contributed by atoms with Crippen molar-refractivity contribution in [3.05, 3.63) is 0 Å². The summed E-state index contributed by atoms with van der Waals surface area (Å²) < 4.78 is 0. The summed E-state index contributed by atoms with van der Waals surface area (Å²) >= 11 is 0. The van der Waals surface area contributed by atoms with E-state index in [1.807, 2.05) is 0 Å². The van der Waals surface area contributed by atoms with Gasteiger partial charge in [-0.2, -0.15) is 0 Å². The average Bonchev–Trinajstić information content (AvgIpc) is 2.87. The van der Waals surface area contributed by atoms with Gasteiger partial charge in [0.1, 0.15) is 0 Å². The third kappa shape index (κ3) is 2.65. The fourth-order valence-corrected chi connectivity index (χ4v) is 4.23. The summed E-state index contributed by atoms with van der Waals surface area (Å²) in [7, 11) is 2.27. The van der Waals surface area contributed by atoms with E-state index in [-0.39, 0.29) is 11.8 Å². The molecule has 1 amide bonds. The maximum atomic E-state index is 12.2. The number of fused-ring (bicyclic) bond motifs is 2. The molecule has 0 aromatic heterocycles. The minimum atomic E-state index is 0.183. The molecule has 0 aliphatic carbocycles. The molecule has 3 rings (SSSR count). The molecule has 4 unspecified atom stereocenters. The first-order valence-electron chi connectivity index (χ1n) is 7.85. The average molecular weight is 265 g/mol. The zero-order valence-corrected chi connectivity index (χ0v) is 12.2. The fourth-order valence-electron chi connectivity index (χ4n) is 4.23. The van der Waals surface area contributed by atoms with Gasteiger partial charge >= 0.3 is 0 Å². The number of nitrogens with one attached hydrogen (secondary N) is 2. The lowest BCUT2D eigenvalue weighted by molar-refractivity contribution is -0.125. The van der Waals surface area contributed by atoms with E-state index in [0.717, 1.165) is 31.7 Å². The van der Waals surface area contributed by atoms with E-state index in [9.17, 15) is 4.79 Å². The SMILES string of the molecule is CC1CNCC1C(=O)NCC1CC2CCC(C1)N2C. The fraction of sp³-hybridized carbons (Fsp3) is 0.933. The van der Waals surface area contributed by atoms with Crippen LogP contribution in [-0.2, 0) is 4.79 Å². The van der Waals surface area contributed by atoms with Crippen molar-refractivity contribution < 1.29 is 4.79 Å². The second-order valence-electron chi connectivity index (χ2n) is 6.88. The summed E-state index contributed by atoms with van der Waals surface area (Å²) in [6, 6.07) is 1.54. The van der Waals surface area contributed by atoms with Crippen LogP contribution in [0, 0.1) is 17.8 Å². The van der Waals surface area contributed by atoms with Crippen LogP contribution in [0.2, 0.25) is 0 Å². The Bertz CT molecular complexity index is 332. The molecule has 4 heteroatoms. The Balaban J connectivity index is 1.47. The molecule has 4 atom stereocenters. The Morgan fingerprint density at radius 3 is 2.53 bits per heavy atom. The molecule has 0 aromatic carbocycles. The summed E-state index contributed by atoms with van der Waals surface area (Å²) in [6.45, 7) is 4.89. The molecule has 0 saturated carbocycles. The van der Waals surface area contributed by atoms with Gasteiger partial charge in [0.15, 0.2) is 0 Å². The predicted molar refractivity (Wildman–Crippen MR) is 75.8 cm³/mol. The van der Waals surface area contributed by atoms with Crippen LogP contribution in [0.15, 0.2) is 0 Å². The summed E-state index contributed by atoms with van der Waals surface area (Å²) in [5.41, 5.74) is 0. The number of carbonyl (C=O) groups excluding carboxylic acids is 1. The molecule has 0 spiro atoms. The molecule has 0 aromatic rings. The molecular weight excluding hydrogens is 238 g/mol.